The summed E-state index contributed by atoms with van der Waals surface area (Å²) in [6, 6.07) is 8.84. The Morgan fingerprint density at radius 3 is 2.35 bits per heavy atom. The molecule has 0 spiro atoms. The van der Waals surface area contributed by atoms with Crippen molar-refractivity contribution in [2.75, 3.05) is 38.4 Å². The standard InChI is InChI=1S/C20H24N2O7S2/c1-14-4-5-15(12-19(14)31(26,27)22(2)3)21-20(23)8-11-30(24,25)16-6-7-17-18(13-16)29-10-9-28-17/h4-7,12-13H,8-11H2,1-3H3,(H,21,23). The van der Waals surface area contributed by atoms with E-state index in [0.29, 0.717) is 30.3 Å². The van der Waals surface area contributed by atoms with Crippen molar-refractivity contribution < 1.29 is 31.1 Å². The van der Waals surface area contributed by atoms with E-state index in [2.05, 4.69) is 5.32 Å². The molecule has 168 valence electrons. The average Bonchev–Trinajstić information content (AvgIpc) is 2.73. The van der Waals surface area contributed by atoms with Gasteiger partial charge < -0.3 is 14.8 Å². The summed E-state index contributed by atoms with van der Waals surface area (Å²) in [5.41, 5.74) is 0.806. The van der Waals surface area contributed by atoms with Gasteiger partial charge in [0, 0.05) is 32.3 Å². The Morgan fingerprint density at radius 2 is 1.68 bits per heavy atom. The Balaban J connectivity index is 1.69. The van der Waals surface area contributed by atoms with Crippen LogP contribution in [-0.4, -0.2) is 60.1 Å². The maximum Gasteiger partial charge on any atom is 0.242 e. The number of nitrogens with zero attached hydrogens (tertiary/aromatic N) is 1. The molecule has 0 radical (unpaired) electrons. The first kappa shape index (κ1) is 23.0. The fraction of sp³-hybridized carbons (Fsp3) is 0.350. The van der Waals surface area contributed by atoms with Crippen LogP contribution in [0.1, 0.15) is 12.0 Å². The zero-order chi connectivity index (χ0) is 22.8. The summed E-state index contributed by atoms with van der Waals surface area (Å²) in [5, 5.41) is 2.56. The number of nitrogens with one attached hydrogen (secondary N) is 1. The summed E-state index contributed by atoms with van der Waals surface area (Å²) in [6.07, 6.45) is -0.291. The summed E-state index contributed by atoms with van der Waals surface area (Å²) in [7, 11) is -4.57. The monoisotopic (exact) mass is 468 g/mol. The van der Waals surface area contributed by atoms with Crippen LogP contribution >= 0.6 is 0 Å². The van der Waals surface area contributed by atoms with E-state index in [-0.39, 0.29) is 21.9 Å². The summed E-state index contributed by atoms with van der Waals surface area (Å²) in [6.45, 7) is 2.39. The lowest BCUT2D eigenvalue weighted by Gasteiger charge is -2.18. The predicted octanol–water partition coefficient (Wildman–Crippen LogP) is 1.82. The molecule has 1 amide bonds. The van der Waals surface area contributed by atoms with E-state index in [0.717, 1.165) is 4.31 Å². The van der Waals surface area contributed by atoms with E-state index in [1.807, 2.05) is 0 Å². The maximum absolute atomic E-state index is 12.6. The van der Waals surface area contributed by atoms with Crippen molar-refractivity contribution >= 4 is 31.5 Å². The number of carbonyl (C=O) groups is 1. The Labute approximate surface area is 181 Å². The summed E-state index contributed by atoms with van der Waals surface area (Å²) < 4.78 is 62.0. The van der Waals surface area contributed by atoms with Crippen molar-refractivity contribution in [2.24, 2.45) is 0 Å². The smallest absolute Gasteiger partial charge is 0.242 e. The van der Waals surface area contributed by atoms with Gasteiger partial charge in [0.25, 0.3) is 0 Å². The molecular formula is C20H24N2O7S2. The third kappa shape index (κ3) is 5.17. The number of hydrogen-bond donors (Lipinski definition) is 1. The van der Waals surface area contributed by atoms with Crippen LogP contribution < -0.4 is 14.8 Å². The van der Waals surface area contributed by atoms with Gasteiger partial charge in [-0.05, 0) is 36.8 Å². The van der Waals surface area contributed by atoms with E-state index < -0.39 is 31.5 Å². The fourth-order valence-corrected chi connectivity index (χ4v) is 5.33. The molecule has 1 heterocycles. The van der Waals surface area contributed by atoms with Crippen LogP contribution in [0, 0.1) is 6.92 Å². The lowest BCUT2D eigenvalue weighted by molar-refractivity contribution is -0.115. The van der Waals surface area contributed by atoms with E-state index in [1.54, 1.807) is 19.1 Å². The minimum atomic E-state index is -3.73. The van der Waals surface area contributed by atoms with Crippen LogP contribution in [0.15, 0.2) is 46.2 Å². The van der Waals surface area contributed by atoms with Crippen LogP contribution in [-0.2, 0) is 24.7 Å². The SMILES string of the molecule is Cc1ccc(NC(=O)CCS(=O)(=O)c2ccc3c(c2)OCCO3)cc1S(=O)(=O)N(C)C. The number of amides is 1. The summed E-state index contributed by atoms with van der Waals surface area (Å²) in [5.74, 6) is -0.122. The molecule has 31 heavy (non-hydrogen) atoms. The molecule has 9 nitrogen and oxygen atoms in total. The fourth-order valence-electron chi connectivity index (χ4n) is 2.94. The van der Waals surface area contributed by atoms with E-state index in [4.69, 9.17) is 9.47 Å². The van der Waals surface area contributed by atoms with Crippen LogP contribution in [0.5, 0.6) is 11.5 Å². The van der Waals surface area contributed by atoms with Crippen LogP contribution in [0.2, 0.25) is 0 Å². The minimum absolute atomic E-state index is 0.0410. The predicted molar refractivity (Wildman–Crippen MR) is 115 cm³/mol. The van der Waals surface area contributed by atoms with Gasteiger partial charge in [-0.15, -0.1) is 0 Å². The molecule has 11 heteroatoms. The van der Waals surface area contributed by atoms with Gasteiger partial charge in [-0.2, -0.15) is 0 Å². The number of rotatable bonds is 7. The molecule has 0 fully saturated rings. The van der Waals surface area contributed by atoms with E-state index >= 15 is 0 Å². The molecule has 0 aliphatic carbocycles. The van der Waals surface area contributed by atoms with Gasteiger partial charge in [-0.1, -0.05) is 6.07 Å². The third-order valence-electron chi connectivity index (χ3n) is 4.70. The zero-order valence-electron chi connectivity index (χ0n) is 17.4. The van der Waals surface area contributed by atoms with Gasteiger partial charge in [0.15, 0.2) is 21.3 Å². The molecule has 0 unspecified atom stereocenters. The maximum atomic E-state index is 12.6. The molecule has 2 aromatic carbocycles. The second-order valence-electron chi connectivity index (χ2n) is 7.19. The number of sulfonamides is 1. The first-order valence-corrected chi connectivity index (χ1v) is 12.6. The average molecular weight is 469 g/mol. The molecule has 2 aromatic rings. The Bertz CT molecular complexity index is 1210. The number of benzene rings is 2. The number of hydrogen-bond acceptors (Lipinski definition) is 7. The molecule has 1 N–H and O–H groups in total. The number of anilines is 1. The topological polar surface area (TPSA) is 119 Å². The van der Waals surface area contributed by atoms with Crippen molar-refractivity contribution in [1.29, 1.82) is 0 Å². The van der Waals surface area contributed by atoms with Crippen molar-refractivity contribution in [3.63, 3.8) is 0 Å². The van der Waals surface area contributed by atoms with Crippen molar-refractivity contribution in [3.8, 4) is 11.5 Å². The van der Waals surface area contributed by atoms with Gasteiger partial charge in [-0.25, -0.2) is 21.1 Å². The van der Waals surface area contributed by atoms with Gasteiger partial charge >= 0.3 is 0 Å². The molecule has 0 saturated carbocycles. The van der Waals surface area contributed by atoms with E-state index in [1.165, 1.54) is 38.4 Å². The second kappa shape index (κ2) is 8.85. The molecule has 0 saturated heterocycles. The Hall–Kier alpha value is -2.63. The molecular weight excluding hydrogens is 444 g/mol. The van der Waals surface area contributed by atoms with Gasteiger partial charge in [0.1, 0.15) is 13.2 Å². The quantitative estimate of drug-likeness (QED) is 0.658. The highest BCUT2D eigenvalue weighted by molar-refractivity contribution is 7.91. The molecule has 1 aliphatic rings. The van der Waals surface area contributed by atoms with Gasteiger partial charge in [0.05, 0.1) is 15.5 Å². The van der Waals surface area contributed by atoms with Crippen LogP contribution in [0.4, 0.5) is 5.69 Å². The van der Waals surface area contributed by atoms with Crippen LogP contribution in [0.25, 0.3) is 0 Å². The Kier molecular flexibility index (Phi) is 6.58. The van der Waals surface area contributed by atoms with Gasteiger partial charge in [-0.3, -0.25) is 4.79 Å². The first-order chi connectivity index (χ1) is 14.5. The highest BCUT2D eigenvalue weighted by Crippen LogP contribution is 2.32. The van der Waals surface area contributed by atoms with Gasteiger partial charge in [0.2, 0.25) is 15.9 Å². The molecule has 1 aliphatic heterocycles. The molecule has 0 bridgehead atoms. The zero-order valence-corrected chi connectivity index (χ0v) is 19.0. The highest BCUT2D eigenvalue weighted by Gasteiger charge is 2.22. The lowest BCUT2D eigenvalue weighted by Crippen LogP contribution is -2.23. The normalized spacial score (nSPS) is 13.8. The van der Waals surface area contributed by atoms with Crippen molar-refractivity contribution in [1.82, 2.24) is 4.31 Å². The minimum Gasteiger partial charge on any atom is -0.486 e. The third-order valence-corrected chi connectivity index (χ3v) is 8.37. The summed E-state index contributed by atoms with van der Waals surface area (Å²) in [4.78, 5) is 12.4. The second-order valence-corrected chi connectivity index (χ2v) is 11.4. The van der Waals surface area contributed by atoms with Crippen molar-refractivity contribution in [3.05, 3.63) is 42.0 Å². The van der Waals surface area contributed by atoms with Crippen LogP contribution in [0.3, 0.4) is 0 Å². The summed E-state index contributed by atoms with van der Waals surface area (Å²) >= 11 is 0. The number of ether oxygens (including phenoxy) is 2. The number of carbonyl (C=O) groups excluding carboxylic acids is 1. The number of sulfone groups is 1. The lowest BCUT2D eigenvalue weighted by atomic mass is 10.2. The molecule has 3 rings (SSSR count). The number of aryl methyl sites for hydroxylation is 1. The number of fused-ring (bicyclic) bond motifs is 1. The molecule has 0 aromatic heterocycles. The highest BCUT2D eigenvalue weighted by atomic mass is 32.2. The largest absolute Gasteiger partial charge is 0.486 e. The first-order valence-electron chi connectivity index (χ1n) is 9.46. The van der Waals surface area contributed by atoms with E-state index in [9.17, 15) is 21.6 Å². The Morgan fingerprint density at radius 1 is 1.00 bits per heavy atom. The van der Waals surface area contributed by atoms with Crippen molar-refractivity contribution in [2.45, 2.75) is 23.1 Å². The molecule has 0 atom stereocenters.